The molecule has 0 spiro atoms. The first-order valence-corrected chi connectivity index (χ1v) is 8.02. The number of hydrogen-bond donors (Lipinski definition) is 0. The van der Waals surface area contributed by atoms with E-state index in [1.54, 1.807) is 0 Å². The second kappa shape index (κ2) is 6.30. The van der Waals surface area contributed by atoms with Gasteiger partial charge in [-0.05, 0) is 37.1 Å². The van der Waals surface area contributed by atoms with E-state index in [-0.39, 0.29) is 6.04 Å². The van der Waals surface area contributed by atoms with Crippen LogP contribution in [0.5, 0.6) is 0 Å². The maximum Gasteiger partial charge on any atom is 0.416 e. The van der Waals surface area contributed by atoms with Crippen LogP contribution in [0.15, 0.2) is 48.5 Å². The Morgan fingerprint density at radius 3 is 2.42 bits per heavy atom. The molecule has 0 saturated carbocycles. The molecule has 1 atom stereocenters. The third-order valence-corrected chi connectivity index (χ3v) is 4.33. The highest BCUT2D eigenvalue weighted by atomic mass is 19.4. The summed E-state index contributed by atoms with van der Waals surface area (Å²) in [4.78, 5) is 4.51. The molecule has 0 saturated heterocycles. The summed E-state index contributed by atoms with van der Waals surface area (Å²) in [5.74, 6) is 0.796. The van der Waals surface area contributed by atoms with Gasteiger partial charge in [0, 0.05) is 12.5 Å². The lowest BCUT2D eigenvalue weighted by Crippen LogP contribution is -2.09. The minimum absolute atomic E-state index is 0.172. The van der Waals surface area contributed by atoms with Crippen LogP contribution >= 0.6 is 0 Å². The number of alkyl halides is 3. The van der Waals surface area contributed by atoms with E-state index in [1.807, 2.05) is 30.3 Å². The van der Waals surface area contributed by atoms with Crippen molar-refractivity contribution in [1.82, 2.24) is 9.55 Å². The Labute approximate surface area is 138 Å². The molecule has 0 aliphatic rings. The molecule has 126 valence electrons. The van der Waals surface area contributed by atoms with Crippen molar-refractivity contribution in [3.05, 3.63) is 65.5 Å². The van der Waals surface area contributed by atoms with Gasteiger partial charge in [0.05, 0.1) is 16.6 Å². The van der Waals surface area contributed by atoms with Crippen LogP contribution in [0.2, 0.25) is 0 Å². The summed E-state index contributed by atoms with van der Waals surface area (Å²) in [6, 6.07) is 13.8. The highest BCUT2D eigenvalue weighted by Gasteiger charge is 2.31. The Balaban J connectivity index is 2.12. The number of rotatable bonds is 4. The molecule has 0 aliphatic carbocycles. The van der Waals surface area contributed by atoms with Gasteiger partial charge in [0.2, 0.25) is 0 Å². The molecule has 1 aromatic heterocycles. The second-order valence-electron chi connectivity index (χ2n) is 6.02. The number of hydrogen-bond acceptors (Lipinski definition) is 1. The normalized spacial score (nSPS) is 13.4. The molecular formula is C19H19F3N2. The molecule has 0 aliphatic heterocycles. The van der Waals surface area contributed by atoms with Crippen LogP contribution in [0.4, 0.5) is 13.2 Å². The Hall–Kier alpha value is -2.30. The summed E-state index contributed by atoms with van der Waals surface area (Å²) in [6.07, 6.45) is -2.87. The van der Waals surface area contributed by atoms with Gasteiger partial charge in [0.1, 0.15) is 5.82 Å². The van der Waals surface area contributed by atoms with Gasteiger partial charge in [0.25, 0.3) is 0 Å². The average molecular weight is 332 g/mol. The van der Waals surface area contributed by atoms with E-state index in [2.05, 4.69) is 23.4 Å². The minimum Gasteiger partial charge on any atom is -0.325 e. The van der Waals surface area contributed by atoms with Crippen LogP contribution in [0.25, 0.3) is 11.0 Å². The summed E-state index contributed by atoms with van der Waals surface area (Å²) >= 11 is 0. The Bertz CT molecular complexity index is 835. The third kappa shape index (κ3) is 3.16. The van der Waals surface area contributed by atoms with E-state index in [4.69, 9.17) is 0 Å². The Morgan fingerprint density at radius 2 is 1.79 bits per heavy atom. The Kier molecular flexibility index (Phi) is 4.35. The molecule has 0 amide bonds. The molecule has 1 unspecified atom stereocenters. The Morgan fingerprint density at radius 1 is 1.08 bits per heavy atom. The molecule has 5 heteroatoms. The molecular weight excluding hydrogens is 313 g/mol. The summed E-state index contributed by atoms with van der Waals surface area (Å²) in [5.41, 5.74) is 1.59. The van der Waals surface area contributed by atoms with Crippen molar-refractivity contribution in [2.24, 2.45) is 0 Å². The fraction of sp³-hybridized carbons (Fsp3) is 0.316. The van der Waals surface area contributed by atoms with E-state index in [1.165, 1.54) is 6.07 Å². The standard InChI is InChI=1S/C19H19F3N2/c1-3-13(2)24-17-10-9-15(19(20,21)22)12-16(17)23-18(24)11-14-7-5-4-6-8-14/h4-10,12-13H,3,11H2,1-2H3. The maximum atomic E-state index is 13.0. The summed E-state index contributed by atoms with van der Waals surface area (Å²) in [7, 11) is 0. The lowest BCUT2D eigenvalue weighted by atomic mass is 10.1. The van der Waals surface area contributed by atoms with Crippen molar-refractivity contribution in [3.63, 3.8) is 0 Å². The monoisotopic (exact) mass is 332 g/mol. The van der Waals surface area contributed by atoms with Gasteiger partial charge >= 0.3 is 6.18 Å². The molecule has 0 fully saturated rings. The van der Waals surface area contributed by atoms with Gasteiger partial charge in [-0.2, -0.15) is 13.2 Å². The van der Waals surface area contributed by atoms with Gasteiger partial charge in [-0.25, -0.2) is 4.98 Å². The molecule has 2 aromatic carbocycles. The molecule has 3 aromatic rings. The first-order chi connectivity index (χ1) is 11.4. The number of halogens is 3. The average Bonchev–Trinajstić information content (AvgIpc) is 2.91. The van der Waals surface area contributed by atoms with Gasteiger partial charge < -0.3 is 4.57 Å². The number of fused-ring (bicyclic) bond motifs is 1. The van der Waals surface area contributed by atoms with Crippen LogP contribution < -0.4 is 0 Å². The number of benzene rings is 2. The molecule has 0 radical (unpaired) electrons. The van der Waals surface area contributed by atoms with Gasteiger partial charge in [-0.15, -0.1) is 0 Å². The fourth-order valence-electron chi connectivity index (χ4n) is 2.90. The summed E-state index contributed by atoms with van der Waals surface area (Å²) in [6.45, 7) is 4.13. The van der Waals surface area contributed by atoms with E-state index < -0.39 is 11.7 Å². The lowest BCUT2D eigenvalue weighted by Gasteiger charge is -2.16. The quantitative estimate of drug-likeness (QED) is 0.606. The van der Waals surface area contributed by atoms with Crippen molar-refractivity contribution in [3.8, 4) is 0 Å². The van der Waals surface area contributed by atoms with Crippen LogP contribution in [0, 0.1) is 0 Å². The zero-order valence-electron chi connectivity index (χ0n) is 13.6. The van der Waals surface area contributed by atoms with E-state index in [9.17, 15) is 13.2 Å². The maximum absolute atomic E-state index is 13.0. The first kappa shape index (κ1) is 16.6. The third-order valence-electron chi connectivity index (χ3n) is 4.33. The zero-order chi connectivity index (χ0) is 17.3. The smallest absolute Gasteiger partial charge is 0.325 e. The first-order valence-electron chi connectivity index (χ1n) is 8.02. The van der Waals surface area contributed by atoms with Gasteiger partial charge in [0.15, 0.2) is 0 Å². The van der Waals surface area contributed by atoms with Crippen molar-refractivity contribution in [2.75, 3.05) is 0 Å². The van der Waals surface area contributed by atoms with Gasteiger partial charge in [-0.3, -0.25) is 0 Å². The van der Waals surface area contributed by atoms with Crippen LogP contribution in [-0.4, -0.2) is 9.55 Å². The highest BCUT2D eigenvalue weighted by Crippen LogP contribution is 2.33. The second-order valence-corrected chi connectivity index (χ2v) is 6.02. The topological polar surface area (TPSA) is 17.8 Å². The number of nitrogens with zero attached hydrogens (tertiary/aromatic N) is 2. The summed E-state index contributed by atoms with van der Waals surface area (Å²) < 4.78 is 40.9. The molecule has 0 N–H and O–H groups in total. The number of imidazole rings is 1. The van der Waals surface area contributed by atoms with Crippen molar-refractivity contribution >= 4 is 11.0 Å². The zero-order valence-corrected chi connectivity index (χ0v) is 13.6. The van der Waals surface area contributed by atoms with E-state index in [0.29, 0.717) is 11.9 Å². The minimum atomic E-state index is -4.35. The van der Waals surface area contributed by atoms with Crippen LogP contribution in [0.1, 0.15) is 43.3 Å². The molecule has 3 rings (SSSR count). The SMILES string of the molecule is CCC(C)n1c(Cc2ccccc2)nc2cc(C(F)(F)F)ccc21. The highest BCUT2D eigenvalue weighted by molar-refractivity contribution is 5.77. The summed E-state index contributed by atoms with van der Waals surface area (Å²) in [5, 5.41) is 0. The van der Waals surface area contributed by atoms with Crippen LogP contribution in [-0.2, 0) is 12.6 Å². The molecule has 24 heavy (non-hydrogen) atoms. The predicted molar refractivity (Wildman–Crippen MR) is 89.0 cm³/mol. The van der Waals surface area contributed by atoms with Gasteiger partial charge in [-0.1, -0.05) is 37.3 Å². The molecule has 2 nitrogen and oxygen atoms in total. The van der Waals surface area contributed by atoms with E-state index in [0.717, 1.165) is 35.5 Å². The van der Waals surface area contributed by atoms with Crippen molar-refractivity contribution in [1.29, 1.82) is 0 Å². The predicted octanol–water partition coefficient (Wildman–Crippen LogP) is 5.62. The van der Waals surface area contributed by atoms with E-state index >= 15 is 0 Å². The van der Waals surface area contributed by atoms with Crippen molar-refractivity contribution < 1.29 is 13.2 Å². The molecule has 1 heterocycles. The molecule has 0 bridgehead atoms. The lowest BCUT2D eigenvalue weighted by molar-refractivity contribution is -0.137. The number of aromatic nitrogens is 2. The largest absolute Gasteiger partial charge is 0.416 e. The van der Waals surface area contributed by atoms with Crippen molar-refractivity contribution in [2.45, 2.75) is 38.9 Å². The fourth-order valence-corrected chi connectivity index (χ4v) is 2.90. The van der Waals surface area contributed by atoms with Crippen LogP contribution in [0.3, 0.4) is 0 Å².